The molecule has 0 unspecified atom stereocenters. The minimum absolute atomic E-state index is 0.119. The summed E-state index contributed by atoms with van der Waals surface area (Å²) in [5.41, 5.74) is 2.30. The molecule has 0 aliphatic heterocycles. The summed E-state index contributed by atoms with van der Waals surface area (Å²) in [6.07, 6.45) is 0. The van der Waals surface area contributed by atoms with Crippen LogP contribution >= 0.6 is 0 Å². The number of nitrogens with one attached hydrogen (secondary N) is 1. The first-order valence-corrected chi connectivity index (χ1v) is 12.8. The van der Waals surface area contributed by atoms with E-state index >= 15 is 0 Å². The number of amides is 1. The van der Waals surface area contributed by atoms with E-state index in [0.717, 1.165) is 15.4 Å². The fourth-order valence-corrected chi connectivity index (χ4v) is 5.13. The third-order valence-corrected chi connectivity index (χ3v) is 7.54. The Hall–Kier alpha value is -3.52. The highest BCUT2D eigenvalue weighted by atomic mass is 32.2. The summed E-state index contributed by atoms with van der Waals surface area (Å²) < 4.78 is 38.8. The van der Waals surface area contributed by atoms with Crippen LogP contribution in [0.15, 0.2) is 77.7 Å². The lowest BCUT2D eigenvalue weighted by atomic mass is 10.0. The van der Waals surface area contributed by atoms with Crippen molar-refractivity contribution >= 4 is 21.6 Å². The molecule has 3 rings (SSSR count). The monoisotopic (exact) mass is 496 g/mol. The zero-order valence-corrected chi connectivity index (χ0v) is 21.5. The number of rotatable bonds is 10. The normalized spacial score (nSPS) is 12.2. The second-order valence-corrected chi connectivity index (χ2v) is 10.3. The molecule has 7 nitrogen and oxygen atoms in total. The molecule has 0 radical (unpaired) electrons. The molecule has 35 heavy (non-hydrogen) atoms. The second kappa shape index (κ2) is 11.3. The zero-order chi connectivity index (χ0) is 25.6. The largest absolute Gasteiger partial charge is 0.493 e. The van der Waals surface area contributed by atoms with E-state index in [1.54, 1.807) is 56.7 Å². The molecule has 0 aliphatic carbocycles. The summed E-state index contributed by atoms with van der Waals surface area (Å²) in [6.45, 7) is 5.59. The molecule has 0 saturated carbocycles. The van der Waals surface area contributed by atoms with Crippen LogP contribution < -0.4 is 19.1 Å². The molecule has 0 heterocycles. The topological polar surface area (TPSA) is 84.9 Å². The molecule has 0 aliphatic rings. The predicted molar refractivity (Wildman–Crippen MR) is 138 cm³/mol. The van der Waals surface area contributed by atoms with Crippen LogP contribution in [0.2, 0.25) is 0 Å². The van der Waals surface area contributed by atoms with E-state index in [2.05, 4.69) is 19.2 Å². The van der Waals surface area contributed by atoms with Gasteiger partial charge in [-0.15, -0.1) is 0 Å². The summed E-state index contributed by atoms with van der Waals surface area (Å²) in [5, 5.41) is 2.90. The molecule has 0 spiro atoms. The van der Waals surface area contributed by atoms with E-state index in [1.165, 1.54) is 12.1 Å². The molecule has 1 N–H and O–H groups in total. The maximum atomic E-state index is 13.5. The number of benzene rings is 3. The number of nitrogens with zero attached hydrogens (tertiary/aromatic N) is 1. The van der Waals surface area contributed by atoms with Gasteiger partial charge in [0.15, 0.2) is 11.5 Å². The Morgan fingerprint density at radius 1 is 0.857 bits per heavy atom. The van der Waals surface area contributed by atoms with E-state index < -0.39 is 15.9 Å². The summed E-state index contributed by atoms with van der Waals surface area (Å²) in [4.78, 5) is 13.2. The molecule has 3 aromatic carbocycles. The standard InChI is InChI=1S/C27H32N2O5S/c1-19(2)21-11-14-23(15-12-21)29(35(31,32)24-9-7-6-8-10-24)18-27(30)28-20(3)22-13-16-25(33-4)26(17-22)34-5/h6-17,19-20H,18H2,1-5H3,(H,28,30)/t20-/m1/s1. The van der Waals surface area contributed by atoms with Crippen LogP contribution in [-0.2, 0) is 14.8 Å². The highest BCUT2D eigenvalue weighted by molar-refractivity contribution is 7.92. The number of hydrogen-bond acceptors (Lipinski definition) is 5. The number of carbonyl (C=O) groups is 1. The van der Waals surface area contributed by atoms with Gasteiger partial charge in [0.25, 0.3) is 10.0 Å². The SMILES string of the molecule is COc1ccc([C@@H](C)NC(=O)CN(c2ccc(C(C)C)cc2)S(=O)(=O)c2ccccc2)cc1OC. The molecule has 1 amide bonds. The Morgan fingerprint density at radius 3 is 2.03 bits per heavy atom. The minimum atomic E-state index is -3.97. The van der Waals surface area contributed by atoms with Crippen LogP contribution in [-0.4, -0.2) is 35.1 Å². The van der Waals surface area contributed by atoms with Crippen molar-refractivity contribution in [2.75, 3.05) is 25.1 Å². The number of hydrogen-bond donors (Lipinski definition) is 1. The average Bonchev–Trinajstić information content (AvgIpc) is 2.87. The Balaban J connectivity index is 1.88. The Bertz CT molecular complexity index is 1240. The third kappa shape index (κ3) is 6.14. The first kappa shape index (κ1) is 26.1. The van der Waals surface area contributed by atoms with Crippen LogP contribution in [0, 0.1) is 0 Å². The number of carbonyl (C=O) groups excluding carboxylic acids is 1. The van der Waals surface area contributed by atoms with Crippen LogP contribution in [0.1, 0.15) is 43.9 Å². The van der Waals surface area contributed by atoms with Crippen LogP contribution in [0.3, 0.4) is 0 Å². The quantitative estimate of drug-likeness (QED) is 0.432. The predicted octanol–water partition coefficient (Wildman–Crippen LogP) is 4.90. The smallest absolute Gasteiger partial charge is 0.264 e. The lowest BCUT2D eigenvalue weighted by molar-refractivity contribution is -0.120. The number of ether oxygens (including phenoxy) is 2. The fourth-order valence-electron chi connectivity index (χ4n) is 3.68. The van der Waals surface area contributed by atoms with Gasteiger partial charge < -0.3 is 14.8 Å². The Morgan fingerprint density at radius 2 is 1.46 bits per heavy atom. The molecule has 3 aromatic rings. The van der Waals surface area contributed by atoms with Crippen molar-refractivity contribution in [1.29, 1.82) is 0 Å². The Labute approximate surface area is 207 Å². The zero-order valence-electron chi connectivity index (χ0n) is 20.7. The third-order valence-electron chi connectivity index (χ3n) is 5.75. The lowest BCUT2D eigenvalue weighted by Gasteiger charge is -2.25. The number of sulfonamides is 1. The second-order valence-electron chi connectivity index (χ2n) is 8.47. The van der Waals surface area contributed by atoms with Gasteiger partial charge in [-0.05, 0) is 60.4 Å². The molecule has 8 heteroatoms. The molecular formula is C27H32N2O5S. The highest BCUT2D eigenvalue weighted by Crippen LogP contribution is 2.30. The molecule has 0 saturated heterocycles. The van der Waals surface area contributed by atoms with Gasteiger partial charge >= 0.3 is 0 Å². The Kier molecular flexibility index (Phi) is 8.40. The van der Waals surface area contributed by atoms with E-state index in [0.29, 0.717) is 23.1 Å². The molecule has 0 aromatic heterocycles. The highest BCUT2D eigenvalue weighted by Gasteiger charge is 2.27. The maximum absolute atomic E-state index is 13.5. The van der Waals surface area contributed by atoms with E-state index in [4.69, 9.17) is 9.47 Å². The van der Waals surface area contributed by atoms with Crippen molar-refractivity contribution in [3.8, 4) is 11.5 Å². The minimum Gasteiger partial charge on any atom is -0.493 e. The molecule has 186 valence electrons. The first-order chi connectivity index (χ1) is 16.7. The van der Waals surface area contributed by atoms with Gasteiger partial charge in [0.2, 0.25) is 5.91 Å². The van der Waals surface area contributed by atoms with Gasteiger partial charge in [0.05, 0.1) is 30.8 Å². The van der Waals surface area contributed by atoms with Crippen molar-refractivity contribution in [1.82, 2.24) is 5.32 Å². The van der Waals surface area contributed by atoms with Gasteiger partial charge in [-0.2, -0.15) is 0 Å². The van der Waals surface area contributed by atoms with Crippen molar-refractivity contribution in [3.63, 3.8) is 0 Å². The molecule has 0 fully saturated rings. The van der Waals surface area contributed by atoms with Gasteiger partial charge in [-0.1, -0.05) is 50.2 Å². The number of methoxy groups -OCH3 is 2. The van der Waals surface area contributed by atoms with E-state index in [-0.39, 0.29) is 17.5 Å². The van der Waals surface area contributed by atoms with Gasteiger partial charge in [0.1, 0.15) is 6.54 Å². The average molecular weight is 497 g/mol. The van der Waals surface area contributed by atoms with Gasteiger partial charge in [-0.3, -0.25) is 9.10 Å². The summed E-state index contributed by atoms with van der Waals surface area (Å²) in [7, 11) is -0.869. The summed E-state index contributed by atoms with van der Waals surface area (Å²) >= 11 is 0. The lowest BCUT2D eigenvalue weighted by Crippen LogP contribution is -2.41. The van der Waals surface area contributed by atoms with Crippen LogP contribution in [0.5, 0.6) is 11.5 Å². The fraction of sp³-hybridized carbons (Fsp3) is 0.296. The van der Waals surface area contributed by atoms with Crippen LogP contribution in [0.25, 0.3) is 0 Å². The van der Waals surface area contributed by atoms with Crippen molar-refractivity contribution in [2.45, 2.75) is 37.6 Å². The van der Waals surface area contributed by atoms with Gasteiger partial charge in [-0.25, -0.2) is 8.42 Å². The van der Waals surface area contributed by atoms with Crippen molar-refractivity contribution < 1.29 is 22.7 Å². The summed E-state index contributed by atoms with van der Waals surface area (Å²) in [6, 6.07) is 20.4. The van der Waals surface area contributed by atoms with E-state index in [1.807, 2.05) is 25.1 Å². The maximum Gasteiger partial charge on any atom is 0.264 e. The molecule has 0 bridgehead atoms. The van der Waals surface area contributed by atoms with Crippen molar-refractivity contribution in [2.24, 2.45) is 0 Å². The first-order valence-electron chi connectivity index (χ1n) is 11.4. The molecule has 1 atom stereocenters. The molecular weight excluding hydrogens is 464 g/mol. The van der Waals surface area contributed by atoms with E-state index in [9.17, 15) is 13.2 Å². The van der Waals surface area contributed by atoms with Gasteiger partial charge in [0, 0.05) is 0 Å². The van der Waals surface area contributed by atoms with Crippen molar-refractivity contribution in [3.05, 3.63) is 83.9 Å². The number of anilines is 1. The summed E-state index contributed by atoms with van der Waals surface area (Å²) in [5.74, 6) is 0.998. The van der Waals surface area contributed by atoms with Crippen LogP contribution in [0.4, 0.5) is 5.69 Å².